The monoisotopic (exact) mass is 324 g/mol. The first-order chi connectivity index (χ1) is 11.8. The summed E-state index contributed by atoms with van der Waals surface area (Å²) in [5.41, 5.74) is 4.22. The van der Waals surface area contributed by atoms with Gasteiger partial charge in [-0.1, -0.05) is 36.8 Å². The number of unbranched alkanes of at least 4 members (excludes halogenated alkanes) is 1. The van der Waals surface area contributed by atoms with Gasteiger partial charge in [-0.05, 0) is 88.2 Å². The number of rotatable bonds is 8. The number of hydrogen-bond acceptors (Lipinski definition) is 2. The number of nitrogens with one attached hydrogen (secondary N) is 1. The van der Waals surface area contributed by atoms with E-state index >= 15 is 0 Å². The highest BCUT2D eigenvalue weighted by Gasteiger charge is 2.20. The molecule has 0 spiro atoms. The van der Waals surface area contributed by atoms with Crippen LogP contribution in [0.5, 0.6) is 0 Å². The predicted octanol–water partition coefficient (Wildman–Crippen LogP) is 4.94. The molecule has 24 heavy (non-hydrogen) atoms. The highest BCUT2D eigenvalue weighted by molar-refractivity contribution is 5.30. The topological polar surface area (TPSA) is 24.4 Å². The van der Waals surface area contributed by atoms with Crippen LogP contribution in [0.4, 0.5) is 0 Å². The van der Waals surface area contributed by atoms with Crippen molar-refractivity contribution < 1.29 is 0 Å². The third-order valence-electron chi connectivity index (χ3n) is 5.74. The molecule has 1 aliphatic heterocycles. The molecule has 0 unspecified atom stereocenters. The van der Waals surface area contributed by atoms with Crippen molar-refractivity contribution in [1.29, 1.82) is 0 Å². The molecule has 2 aliphatic rings. The van der Waals surface area contributed by atoms with Crippen molar-refractivity contribution in [3.05, 3.63) is 47.2 Å². The normalized spacial score (nSPS) is 19.9. The molecule has 2 nitrogen and oxygen atoms in total. The van der Waals surface area contributed by atoms with Crippen LogP contribution in [0.2, 0.25) is 0 Å². The highest BCUT2D eigenvalue weighted by atomic mass is 14.9. The standard InChI is InChI=1S/C22H32N2/c1-23-22(21-6-4-7-21)8-3-2-5-18-9-11-19(12-10-18)17-20-13-15-24-16-14-20/h8-12,20-21,24H,1-7,13-17H2/b22-8-. The van der Waals surface area contributed by atoms with Gasteiger partial charge in [-0.25, -0.2) is 0 Å². The van der Waals surface area contributed by atoms with Gasteiger partial charge in [-0.15, -0.1) is 0 Å². The Labute approximate surface area is 147 Å². The molecule has 0 bridgehead atoms. The summed E-state index contributed by atoms with van der Waals surface area (Å²) in [5.74, 6) is 1.58. The van der Waals surface area contributed by atoms with Crippen molar-refractivity contribution in [2.75, 3.05) is 13.1 Å². The van der Waals surface area contributed by atoms with Gasteiger partial charge in [-0.3, -0.25) is 4.99 Å². The summed E-state index contributed by atoms with van der Waals surface area (Å²) in [6.45, 7) is 6.12. The maximum atomic E-state index is 4.23. The van der Waals surface area contributed by atoms with E-state index in [1.54, 1.807) is 0 Å². The average Bonchev–Trinajstić information content (AvgIpc) is 2.58. The number of aryl methyl sites for hydroxylation is 1. The Morgan fingerprint density at radius 3 is 2.42 bits per heavy atom. The number of allylic oxidation sites excluding steroid dienone is 2. The number of piperidine rings is 1. The van der Waals surface area contributed by atoms with Crippen LogP contribution in [0.1, 0.15) is 56.1 Å². The van der Waals surface area contributed by atoms with Gasteiger partial charge in [0.25, 0.3) is 0 Å². The summed E-state index contributed by atoms with van der Waals surface area (Å²) in [4.78, 5) is 4.23. The van der Waals surface area contributed by atoms with Gasteiger partial charge in [-0.2, -0.15) is 0 Å². The molecule has 1 aromatic carbocycles. The molecule has 2 heteroatoms. The van der Waals surface area contributed by atoms with E-state index in [0.717, 1.165) is 12.3 Å². The summed E-state index contributed by atoms with van der Waals surface area (Å²) in [7, 11) is 0. The molecule has 0 radical (unpaired) electrons. The second-order valence-electron chi connectivity index (χ2n) is 7.52. The first kappa shape index (κ1) is 17.4. The van der Waals surface area contributed by atoms with E-state index < -0.39 is 0 Å². The lowest BCUT2D eigenvalue weighted by Crippen LogP contribution is -2.28. The van der Waals surface area contributed by atoms with Crippen LogP contribution in [-0.2, 0) is 12.8 Å². The van der Waals surface area contributed by atoms with E-state index in [2.05, 4.69) is 47.4 Å². The second kappa shape index (κ2) is 9.17. The number of nitrogens with zero attached hydrogens (tertiary/aromatic N) is 1. The summed E-state index contributed by atoms with van der Waals surface area (Å²) in [6.07, 6.45) is 13.7. The minimum absolute atomic E-state index is 0.705. The van der Waals surface area contributed by atoms with Crippen LogP contribution in [0.3, 0.4) is 0 Å². The van der Waals surface area contributed by atoms with Gasteiger partial charge in [0, 0.05) is 11.6 Å². The third kappa shape index (κ3) is 5.04. The van der Waals surface area contributed by atoms with Crippen molar-refractivity contribution in [3.8, 4) is 0 Å². The lowest BCUT2D eigenvalue weighted by molar-refractivity contribution is 0.364. The van der Waals surface area contributed by atoms with Gasteiger partial charge < -0.3 is 5.32 Å². The molecular weight excluding hydrogens is 292 g/mol. The smallest absolute Gasteiger partial charge is 0.0387 e. The Balaban J connectivity index is 1.40. The van der Waals surface area contributed by atoms with Crippen LogP contribution >= 0.6 is 0 Å². The molecule has 0 atom stereocenters. The zero-order valence-electron chi connectivity index (χ0n) is 15.0. The maximum absolute atomic E-state index is 4.23. The average molecular weight is 325 g/mol. The van der Waals surface area contributed by atoms with Crippen LogP contribution in [0.25, 0.3) is 0 Å². The maximum Gasteiger partial charge on any atom is 0.0387 e. The Hall–Kier alpha value is -1.41. The summed E-state index contributed by atoms with van der Waals surface area (Å²) < 4.78 is 0. The predicted molar refractivity (Wildman–Crippen MR) is 104 cm³/mol. The molecule has 1 saturated heterocycles. The van der Waals surface area contributed by atoms with Crippen LogP contribution in [0, 0.1) is 11.8 Å². The minimum Gasteiger partial charge on any atom is -0.317 e. The van der Waals surface area contributed by atoms with Crippen molar-refractivity contribution in [3.63, 3.8) is 0 Å². The molecule has 1 N–H and O–H groups in total. The number of benzene rings is 1. The Morgan fingerprint density at radius 1 is 1.08 bits per heavy atom. The summed E-state index contributed by atoms with van der Waals surface area (Å²) >= 11 is 0. The van der Waals surface area contributed by atoms with Crippen molar-refractivity contribution >= 4 is 6.72 Å². The van der Waals surface area contributed by atoms with Gasteiger partial charge in [0.05, 0.1) is 0 Å². The SMILES string of the molecule is C=N/C(=C\CCCc1ccc(CC2CCNCC2)cc1)C1CCC1. The van der Waals surface area contributed by atoms with E-state index in [9.17, 15) is 0 Å². The Morgan fingerprint density at radius 2 is 1.79 bits per heavy atom. The fraction of sp³-hybridized carbons (Fsp3) is 0.591. The molecule has 3 rings (SSSR count). The largest absolute Gasteiger partial charge is 0.317 e. The lowest BCUT2D eigenvalue weighted by Gasteiger charge is -2.25. The second-order valence-corrected chi connectivity index (χ2v) is 7.52. The lowest BCUT2D eigenvalue weighted by atomic mass is 9.82. The van der Waals surface area contributed by atoms with Crippen molar-refractivity contribution in [2.45, 2.75) is 57.8 Å². The first-order valence-electron chi connectivity index (χ1n) is 9.80. The number of hydrogen-bond donors (Lipinski definition) is 1. The van der Waals surface area contributed by atoms with Crippen molar-refractivity contribution in [1.82, 2.24) is 5.32 Å². The fourth-order valence-corrected chi connectivity index (χ4v) is 3.88. The van der Waals surface area contributed by atoms with Gasteiger partial charge in [0.1, 0.15) is 0 Å². The summed E-state index contributed by atoms with van der Waals surface area (Å²) in [5, 5.41) is 3.45. The molecule has 2 fully saturated rings. The van der Waals surface area contributed by atoms with Gasteiger partial charge in [0.15, 0.2) is 0 Å². The molecule has 0 aromatic heterocycles. The van der Waals surface area contributed by atoms with Crippen LogP contribution < -0.4 is 5.32 Å². The molecule has 1 aliphatic carbocycles. The van der Waals surface area contributed by atoms with E-state index in [1.807, 2.05) is 0 Å². The zero-order valence-corrected chi connectivity index (χ0v) is 15.0. The fourth-order valence-electron chi connectivity index (χ4n) is 3.88. The number of aliphatic imine (C=N–C) groups is 1. The van der Waals surface area contributed by atoms with E-state index in [0.29, 0.717) is 5.92 Å². The first-order valence-corrected chi connectivity index (χ1v) is 9.80. The van der Waals surface area contributed by atoms with Crippen LogP contribution in [-0.4, -0.2) is 19.8 Å². The molecule has 1 aromatic rings. The Bertz CT molecular complexity index is 534. The summed E-state index contributed by atoms with van der Waals surface area (Å²) in [6, 6.07) is 9.36. The van der Waals surface area contributed by atoms with E-state index in [-0.39, 0.29) is 0 Å². The molecule has 130 valence electrons. The van der Waals surface area contributed by atoms with E-state index in [4.69, 9.17) is 0 Å². The molecule has 1 saturated carbocycles. The van der Waals surface area contributed by atoms with Gasteiger partial charge in [0.2, 0.25) is 0 Å². The molecule has 1 heterocycles. The van der Waals surface area contributed by atoms with Crippen LogP contribution in [0.15, 0.2) is 41.0 Å². The molecular formula is C22H32N2. The molecule has 0 amide bonds. The zero-order chi connectivity index (χ0) is 16.6. The third-order valence-corrected chi connectivity index (χ3v) is 5.74. The quantitative estimate of drug-likeness (QED) is 0.532. The van der Waals surface area contributed by atoms with Crippen molar-refractivity contribution in [2.24, 2.45) is 16.8 Å². The minimum atomic E-state index is 0.705. The highest BCUT2D eigenvalue weighted by Crippen LogP contribution is 2.33. The Kier molecular flexibility index (Phi) is 6.66. The van der Waals surface area contributed by atoms with E-state index in [1.165, 1.54) is 81.3 Å². The van der Waals surface area contributed by atoms with Gasteiger partial charge >= 0.3 is 0 Å².